The first-order chi connectivity index (χ1) is 5.27. The van der Waals surface area contributed by atoms with E-state index in [2.05, 4.69) is 0 Å². The minimum absolute atomic E-state index is 0.0824. The van der Waals surface area contributed by atoms with Crippen LogP contribution in [0, 0.1) is 5.82 Å². The van der Waals surface area contributed by atoms with Crippen LogP contribution >= 0.6 is 0 Å². The van der Waals surface area contributed by atoms with Crippen molar-refractivity contribution >= 4 is 0 Å². The maximum atomic E-state index is 12.6. The molecule has 0 bridgehead atoms. The molecule has 0 aliphatic heterocycles. The first-order valence-electron chi connectivity index (χ1n) is 3.66. The lowest BCUT2D eigenvalue weighted by Crippen LogP contribution is -1.92. The summed E-state index contributed by atoms with van der Waals surface area (Å²) in [6, 6.07) is 4.50. The average Bonchev–Trinajstić information content (AvgIpc) is 2.04. The fraction of sp³-hybridized carbons (Fsp3) is 0.333. The molecule has 1 rings (SSSR count). The van der Waals surface area contributed by atoms with Crippen molar-refractivity contribution in [2.75, 3.05) is 0 Å². The van der Waals surface area contributed by atoms with Crippen LogP contribution in [0.4, 0.5) is 4.39 Å². The van der Waals surface area contributed by atoms with Gasteiger partial charge in [0.2, 0.25) is 0 Å². The summed E-state index contributed by atoms with van der Waals surface area (Å²) in [5.41, 5.74) is 1.70. The maximum Gasteiger partial charge on any atom is 0.123 e. The predicted molar refractivity (Wildman–Crippen MR) is 41.7 cm³/mol. The summed E-state index contributed by atoms with van der Waals surface area (Å²) in [6.45, 7) is 1.90. The van der Waals surface area contributed by atoms with Crippen LogP contribution in [0.5, 0.6) is 0 Å². The third-order valence-electron chi connectivity index (χ3n) is 1.72. The minimum Gasteiger partial charge on any atom is -0.392 e. The molecule has 1 aromatic rings. The number of rotatable bonds is 2. The number of benzene rings is 1. The molecule has 0 saturated carbocycles. The van der Waals surface area contributed by atoms with Gasteiger partial charge in [-0.1, -0.05) is 13.0 Å². The van der Waals surface area contributed by atoms with Gasteiger partial charge in [-0.15, -0.1) is 0 Å². The molecular formula is C9H11FO. The van der Waals surface area contributed by atoms with Crippen molar-refractivity contribution in [1.82, 2.24) is 0 Å². The Labute approximate surface area is 65.5 Å². The van der Waals surface area contributed by atoms with Gasteiger partial charge in [-0.05, 0) is 29.7 Å². The van der Waals surface area contributed by atoms with Crippen molar-refractivity contribution < 1.29 is 9.50 Å². The van der Waals surface area contributed by atoms with Crippen LogP contribution in [0.1, 0.15) is 18.1 Å². The van der Waals surface area contributed by atoms with E-state index in [1.54, 1.807) is 6.07 Å². The molecule has 0 saturated heterocycles. The summed E-state index contributed by atoms with van der Waals surface area (Å²) < 4.78 is 12.6. The lowest BCUT2D eigenvalue weighted by Gasteiger charge is -2.03. The highest BCUT2D eigenvalue weighted by Crippen LogP contribution is 2.11. The number of halogens is 1. The first kappa shape index (κ1) is 8.21. The van der Waals surface area contributed by atoms with E-state index in [9.17, 15) is 4.39 Å². The van der Waals surface area contributed by atoms with Crippen molar-refractivity contribution in [2.45, 2.75) is 20.0 Å². The zero-order chi connectivity index (χ0) is 8.27. The highest BCUT2D eigenvalue weighted by molar-refractivity contribution is 5.27. The van der Waals surface area contributed by atoms with E-state index >= 15 is 0 Å². The fourth-order valence-electron chi connectivity index (χ4n) is 1.09. The molecule has 0 radical (unpaired) electrons. The summed E-state index contributed by atoms with van der Waals surface area (Å²) >= 11 is 0. The number of aryl methyl sites for hydroxylation is 1. The molecule has 2 heteroatoms. The Morgan fingerprint density at radius 1 is 1.36 bits per heavy atom. The monoisotopic (exact) mass is 154 g/mol. The smallest absolute Gasteiger partial charge is 0.123 e. The molecule has 0 aliphatic rings. The summed E-state index contributed by atoms with van der Waals surface area (Å²) in [6.07, 6.45) is 0.830. The second-order valence-corrected chi connectivity index (χ2v) is 2.42. The first-order valence-corrected chi connectivity index (χ1v) is 3.66. The standard InChI is InChI=1S/C9H11FO/c1-2-7-3-4-9(10)5-8(7)6-11/h3-5,11H,2,6H2,1H3. The Kier molecular flexibility index (Phi) is 2.60. The Bertz CT molecular complexity index is 245. The van der Waals surface area contributed by atoms with Gasteiger partial charge in [-0.3, -0.25) is 0 Å². The summed E-state index contributed by atoms with van der Waals surface area (Å²) in [5, 5.41) is 8.81. The molecule has 60 valence electrons. The molecule has 0 fully saturated rings. The second-order valence-electron chi connectivity index (χ2n) is 2.42. The molecule has 0 aliphatic carbocycles. The second kappa shape index (κ2) is 3.49. The molecule has 1 N–H and O–H groups in total. The van der Waals surface area contributed by atoms with Gasteiger partial charge in [-0.25, -0.2) is 4.39 Å². The van der Waals surface area contributed by atoms with Crippen LogP contribution < -0.4 is 0 Å². The normalized spacial score (nSPS) is 10.1. The zero-order valence-electron chi connectivity index (χ0n) is 6.47. The number of hydrogen-bond donors (Lipinski definition) is 1. The summed E-state index contributed by atoms with van der Waals surface area (Å²) in [7, 11) is 0. The van der Waals surface area contributed by atoms with E-state index in [4.69, 9.17) is 5.11 Å². The fourth-order valence-corrected chi connectivity index (χ4v) is 1.09. The van der Waals surface area contributed by atoms with Gasteiger partial charge in [0.25, 0.3) is 0 Å². The molecule has 0 atom stereocenters. The van der Waals surface area contributed by atoms with E-state index in [-0.39, 0.29) is 12.4 Å². The van der Waals surface area contributed by atoms with Crippen molar-refractivity contribution in [2.24, 2.45) is 0 Å². The molecule has 0 unspecified atom stereocenters. The third kappa shape index (κ3) is 1.77. The molecule has 0 heterocycles. The predicted octanol–water partition coefficient (Wildman–Crippen LogP) is 1.88. The van der Waals surface area contributed by atoms with E-state index in [0.29, 0.717) is 5.56 Å². The molecule has 0 spiro atoms. The lowest BCUT2D eigenvalue weighted by atomic mass is 10.1. The molecule has 11 heavy (non-hydrogen) atoms. The van der Waals surface area contributed by atoms with Crippen LogP contribution in [0.3, 0.4) is 0 Å². The zero-order valence-corrected chi connectivity index (χ0v) is 6.47. The van der Waals surface area contributed by atoms with Crippen LogP contribution in [-0.2, 0) is 13.0 Å². The van der Waals surface area contributed by atoms with Gasteiger partial charge >= 0.3 is 0 Å². The van der Waals surface area contributed by atoms with Crippen LogP contribution in [-0.4, -0.2) is 5.11 Å². The maximum absolute atomic E-state index is 12.6. The number of hydrogen-bond acceptors (Lipinski definition) is 1. The van der Waals surface area contributed by atoms with Gasteiger partial charge in [0, 0.05) is 0 Å². The van der Waals surface area contributed by atoms with Crippen molar-refractivity contribution in [3.63, 3.8) is 0 Å². The molecular weight excluding hydrogens is 143 g/mol. The summed E-state index contributed by atoms with van der Waals surface area (Å²) in [5.74, 6) is -0.286. The molecule has 1 aromatic carbocycles. The van der Waals surface area contributed by atoms with Gasteiger partial charge in [0.15, 0.2) is 0 Å². The SMILES string of the molecule is CCc1ccc(F)cc1CO. The lowest BCUT2D eigenvalue weighted by molar-refractivity contribution is 0.280. The molecule has 0 amide bonds. The highest BCUT2D eigenvalue weighted by atomic mass is 19.1. The Balaban J connectivity index is 3.06. The quantitative estimate of drug-likeness (QED) is 0.689. The van der Waals surface area contributed by atoms with Crippen LogP contribution in [0.25, 0.3) is 0 Å². The minimum atomic E-state index is -0.286. The van der Waals surface area contributed by atoms with E-state index in [0.717, 1.165) is 12.0 Å². The largest absolute Gasteiger partial charge is 0.392 e. The van der Waals surface area contributed by atoms with Gasteiger partial charge in [-0.2, -0.15) is 0 Å². The Hall–Kier alpha value is -0.890. The average molecular weight is 154 g/mol. The van der Waals surface area contributed by atoms with Crippen LogP contribution in [0.2, 0.25) is 0 Å². The topological polar surface area (TPSA) is 20.2 Å². The van der Waals surface area contributed by atoms with E-state index < -0.39 is 0 Å². The Morgan fingerprint density at radius 3 is 2.64 bits per heavy atom. The van der Waals surface area contributed by atoms with E-state index in [1.807, 2.05) is 6.92 Å². The van der Waals surface area contributed by atoms with Gasteiger partial charge in [0.05, 0.1) is 6.61 Å². The van der Waals surface area contributed by atoms with Gasteiger partial charge in [0.1, 0.15) is 5.82 Å². The molecule has 1 nitrogen and oxygen atoms in total. The van der Waals surface area contributed by atoms with Crippen molar-refractivity contribution in [1.29, 1.82) is 0 Å². The number of aliphatic hydroxyl groups excluding tert-OH is 1. The van der Waals surface area contributed by atoms with Crippen molar-refractivity contribution in [3.05, 3.63) is 35.1 Å². The summed E-state index contributed by atoms with van der Waals surface area (Å²) in [4.78, 5) is 0. The van der Waals surface area contributed by atoms with E-state index in [1.165, 1.54) is 12.1 Å². The molecule has 0 aromatic heterocycles. The van der Waals surface area contributed by atoms with Crippen molar-refractivity contribution in [3.8, 4) is 0 Å². The Morgan fingerprint density at radius 2 is 2.09 bits per heavy atom. The van der Waals surface area contributed by atoms with Crippen LogP contribution in [0.15, 0.2) is 18.2 Å². The third-order valence-corrected chi connectivity index (χ3v) is 1.72. The highest BCUT2D eigenvalue weighted by Gasteiger charge is 1.99. The van der Waals surface area contributed by atoms with Gasteiger partial charge < -0.3 is 5.11 Å². The number of aliphatic hydroxyl groups is 1.